The summed E-state index contributed by atoms with van der Waals surface area (Å²) >= 11 is 0. The van der Waals surface area contributed by atoms with Crippen molar-refractivity contribution in [3.63, 3.8) is 0 Å². The van der Waals surface area contributed by atoms with Crippen LogP contribution in [0.3, 0.4) is 0 Å². The van der Waals surface area contributed by atoms with Gasteiger partial charge in [-0.25, -0.2) is 4.79 Å². The summed E-state index contributed by atoms with van der Waals surface area (Å²) in [4.78, 5) is 21.0. The molecule has 0 atom stereocenters. The summed E-state index contributed by atoms with van der Waals surface area (Å²) in [5.41, 5.74) is 1.35. The smallest absolute Gasteiger partial charge is 0.410 e. The van der Waals surface area contributed by atoms with Crippen LogP contribution in [0.1, 0.15) is 52.8 Å². The molecule has 0 unspecified atom stereocenters. The van der Waals surface area contributed by atoms with Crippen LogP contribution in [0.2, 0.25) is 18.1 Å². The Morgan fingerprint density at radius 1 is 1.10 bits per heavy atom. The fraction of sp³-hybridized carbons (Fsp3) is 0.667. The van der Waals surface area contributed by atoms with Crippen LogP contribution in [-0.2, 0) is 22.3 Å². The maximum atomic E-state index is 12.8. The number of nitrogens with zero attached hydrogens (tertiary/aromatic N) is 3. The molecule has 0 aliphatic rings. The van der Waals surface area contributed by atoms with E-state index in [4.69, 9.17) is 9.16 Å². The SMILES string of the molecule is CN(C)CC=CCN(Cc1cc(CO[Si](C)(C)C(C)(C)C)ccn1)C(=O)OC(C)(C)C. The van der Waals surface area contributed by atoms with Gasteiger partial charge in [0.2, 0.25) is 0 Å². The predicted molar refractivity (Wildman–Crippen MR) is 131 cm³/mol. The molecule has 1 aromatic heterocycles. The van der Waals surface area contributed by atoms with Gasteiger partial charge in [0.05, 0.1) is 18.8 Å². The number of carbonyl (C=O) groups excluding carboxylic acids is 1. The van der Waals surface area contributed by atoms with Crippen molar-refractivity contribution in [1.82, 2.24) is 14.8 Å². The highest BCUT2D eigenvalue weighted by Crippen LogP contribution is 2.37. The molecule has 0 spiro atoms. The lowest BCUT2D eigenvalue weighted by atomic mass is 10.2. The minimum atomic E-state index is -1.83. The molecule has 1 amide bonds. The molecule has 176 valence electrons. The molecule has 0 N–H and O–H groups in total. The number of hydrogen-bond donors (Lipinski definition) is 0. The normalized spacial score (nSPS) is 13.1. The zero-order chi connectivity index (χ0) is 23.9. The van der Waals surface area contributed by atoms with Crippen molar-refractivity contribution >= 4 is 14.4 Å². The predicted octanol–water partition coefficient (Wildman–Crippen LogP) is 5.46. The monoisotopic (exact) mass is 449 g/mol. The van der Waals surface area contributed by atoms with Crippen molar-refractivity contribution in [2.45, 2.75) is 78.4 Å². The summed E-state index contributed by atoms with van der Waals surface area (Å²) < 4.78 is 12.0. The van der Waals surface area contributed by atoms with E-state index in [0.29, 0.717) is 19.7 Å². The molecule has 0 aromatic carbocycles. The Bertz CT molecular complexity index is 734. The van der Waals surface area contributed by atoms with Gasteiger partial charge in [-0.1, -0.05) is 32.9 Å². The van der Waals surface area contributed by atoms with E-state index in [9.17, 15) is 4.79 Å². The van der Waals surface area contributed by atoms with Crippen LogP contribution in [0.4, 0.5) is 4.79 Å². The van der Waals surface area contributed by atoms with Crippen LogP contribution in [-0.4, -0.2) is 62.0 Å². The number of ether oxygens (including phenoxy) is 1. The van der Waals surface area contributed by atoms with E-state index in [1.54, 1.807) is 11.1 Å². The van der Waals surface area contributed by atoms with Crippen molar-refractivity contribution in [3.8, 4) is 0 Å². The van der Waals surface area contributed by atoms with Crippen molar-refractivity contribution in [2.75, 3.05) is 27.2 Å². The zero-order valence-electron chi connectivity index (χ0n) is 21.3. The van der Waals surface area contributed by atoms with E-state index in [0.717, 1.165) is 17.8 Å². The highest BCUT2D eigenvalue weighted by Gasteiger charge is 2.37. The quantitative estimate of drug-likeness (QED) is 0.370. The molecule has 1 aromatic rings. The van der Waals surface area contributed by atoms with Crippen LogP contribution < -0.4 is 0 Å². The third kappa shape index (κ3) is 10.4. The topological polar surface area (TPSA) is 54.9 Å². The number of amides is 1. The van der Waals surface area contributed by atoms with Gasteiger partial charge < -0.3 is 14.1 Å². The lowest BCUT2D eigenvalue weighted by Gasteiger charge is -2.36. The molecule has 0 fully saturated rings. The van der Waals surface area contributed by atoms with E-state index < -0.39 is 13.9 Å². The Kier molecular flexibility index (Phi) is 9.92. The molecule has 0 aliphatic heterocycles. The van der Waals surface area contributed by atoms with E-state index in [2.05, 4.69) is 43.7 Å². The minimum absolute atomic E-state index is 0.162. The summed E-state index contributed by atoms with van der Waals surface area (Å²) in [5.74, 6) is 0. The molecule has 6 nitrogen and oxygen atoms in total. The molecule has 31 heavy (non-hydrogen) atoms. The lowest BCUT2D eigenvalue weighted by molar-refractivity contribution is 0.0254. The maximum Gasteiger partial charge on any atom is 0.410 e. The molecule has 0 saturated heterocycles. The average Bonchev–Trinajstić information content (AvgIpc) is 2.60. The van der Waals surface area contributed by atoms with Crippen molar-refractivity contribution in [2.24, 2.45) is 0 Å². The molecular formula is C24H43N3O3Si. The zero-order valence-corrected chi connectivity index (χ0v) is 22.3. The summed E-state index contributed by atoms with van der Waals surface area (Å²) in [6.45, 7) is 19.1. The number of rotatable bonds is 9. The number of likely N-dealkylation sites (N-methyl/N-ethyl adjacent to an activating group) is 1. The molecule has 1 heterocycles. The van der Waals surface area contributed by atoms with Gasteiger partial charge >= 0.3 is 6.09 Å². The standard InChI is InChI=1S/C24H43N3O3Si/c1-23(2,3)30-22(28)27(16-12-11-15-26(7)8)18-21-17-20(13-14-25-21)19-29-31(9,10)24(4,5)6/h11-14,17H,15-16,18-19H2,1-10H3. The van der Waals surface area contributed by atoms with Crippen LogP contribution in [0.15, 0.2) is 30.5 Å². The van der Waals surface area contributed by atoms with Crippen molar-refractivity contribution in [3.05, 3.63) is 41.7 Å². The Morgan fingerprint density at radius 2 is 1.71 bits per heavy atom. The summed E-state index contributed by atoms with van der Waals surface area (Å²) in [5, 5.41) is 0.162. The maximum absolute atomic E-state index is 12.8. The van der Waals surface area contributed by atoms with Gasteiger partial charge in [-0.3, -0.25) is 9.88 Å². The molecule has 0 saturated carbocycles. The first-order valence-electron chi connectivity index (χ1n) is 11.0. The first-order valence-corrected chi connectivity index (χ1v) is 13.9. The minimum Gasteiger partial charge on any atom is -0.444 e. The second kappa shape index (κ2) is 11.2. The van der Waals surface area contributed by atoms with Gasteiger partial charge in [0, 0.05) is 19.3 Å². The van der Waals surface area contributed by atoms with Gasteiger partial charge in [-0.05, 0) is 70.7 Å². The van der Waals surface area contributed by atoms with Crippen LogP contribution in [0.5, 0.6) is 0 Å². The average molecular weight is 450 g/mol. The highest BCUT2D eigenvalue weighted by atomic mass is 28.4. The number of pyridine rings is 1. The summed E-state index contributed by atoms with van der Waals surface area (Å²) in [6, 6.07) is 4.00. The van der Waals surface area contributed by atoms with E-state index in [1.165, 1.54) is 0 Å². The Balaban J connectivity index is 2.91. The summed E-state index contributed by atoms with van der Waals surface area (Å²) in [7, 11) is 2.19. The van der Waals surface area contributed by atoms with Crippen molar-refractivity contribution in [1.29, 1.82) is 0 Å². The third-order valence-electron chi connectivity index (χ3n) is 5.25. The Hall–Kier alpha value is -1.70. The Morgan fingerprint density at radius 3 is 2.26 bits per heavy atom. The molecule has 0 aliphatic carbocycles. The number of aromatic nitrogens is 1. The van der Waals surface area contributed by atoms with E-state index in [1.807, 2.05) is 59.2 Å². The van der Waals surface area contributed by atoms with Gasteiger partial charge in [-0.15, -0.1) is 0 Å². The van der Waals surface area contributed by atoms with Crippen LogP contribution >= 0.6 is 0 Å². The van der Waals surface area contributed by atoms with E-state index in [-0.39, 0.29) is 11.1 Å². The third-order valence-corrected chi connectivity index (χ3v) is 9.73. The van der Waals surface area contributed by atoms with Gasteiger partial charge in [0.1, 0.15) is 5.60 Å². The number of hydrogen-bond acceptors (Lipinski definition) is 5. The van der Waals surface area contributed by atoms with Crippen molar-refractivity contribution < 1.29 is 14.0 Å². The number of carbonyl (C=O) groups is 1. The van der Waals surface area contributed by atoms with Gasteiger partial charge in [0.25, 0.3) is 0 Å². The largest absolute Gasteiger partial charge is 0.444 e. The fourth-order valence-corrected chi connectivity index (χ4v) is 3.36. The molecule has 1 rings (SSSR count). The van der Waals surface area contributed by atoms with Crippen LogP contribution in [0, 0.1) is 0 Å². The summed E-state index contributed by atoms with van der Waals surface area (Å²) in [6.07, 6.45) is 5.49. The van der Waals surface area contributed by atoms with Gasteiger partial charge in [0.15, 0.2) is 8.32 Å². The highest BCUT2D eigenvalue weighted by molar-refractivity contribution is 6.74. The first-order chi connectivity index (χ1) is 14.1. The second-order valence-corrected chi connectivity index (χ2v) is 15.6. The molecule has 0 radical (unpaired) electrons. The molecular weight excluding hydrogens is 406 g/mol. The Labute approximate surface area is 190 Å². The second-order valence-electron chi connectivity index (χ2n) is 10.8. The van der Waals surface area contributed by atoms with Gasteiger partial charge in [-0.2, -0.15) is 0 Å². The molecule has 0 bridgehead atoms. The lowest BCUT2D eigenvalue weighted by Crippen LogP contribution is -2.40. The van der Waals surface area contributed by atoms with Crippen LogP contribution in [0.25, 0.3) is 0 Å². The first kappa shape index (κ1) is 27.3. The fourth-order valence-electron chi connectivity index (χ4n) is 2.40. The van der Waals surface area contributed by atoms with E-state index >= 15 is 0 Å². The molecule has 7 heteroatoms.